The van der Waals surface area contributed by atoms with Crippen LogP contribution in [0.1, 0.15) is 32.1 Å². The summed E-state index contributed by atoms with van der Waals surface area (Å²) >= 11 is 0. The smallest absolute Gasteiger partial charge is 0.0700 e. The van der Waals surface area contributed by atoms with Crippen molar-refractivity contribution in [3.8, 4) is 0 Å². The Bertz CT molecular complexity index is 192. The highest BCUT2D eigenvalue weighted by atomic mass is 16.5. The third kappa shape index (κ3) is 6.99. The first-order chi connectivity index (χ1) is 7.93. The highest BCUT2D eigenvalue weighted by molar-refractivity contribution is 5.04. The Kier molecular flexibility index (Phi) is 8.40. The van der Waals surface area contributed by atoms with Gasteiger partial charge in [-0.05, 0) is 38.6 Å². The van der Waals surface area contributed by atoms with Crippen LogP contribution >= 0.6 is 0 Å². The van der Waals surface area contributed by atoms with Crippen LogP contribution in [0.15, 0.2) is 11.6 Å². The molecule has 1 aliphatic rings. The molecule has 16 heavy (non-hydrogen) atoms. The number of nitrogens with one attached hydrogen (secondary N) is 1. The van der Waals surface area contributed by atoms with Crippen molar-refractivity contribution in [1.82, 2.24) is 5.32 Å². The molecule has 94 valence electrons. The van der Waals surface area contributed by atoms with Gasteiger partial charge in [-0.1, -0.05) is 11.6 Å². The van der Waals surface area contributed by atoms with Crippen molar-refractivity contribution < 1.29 is 9.47 Å². The lowest BCUT2D eigenvalue weighted by molar-refractivity contribution is 0.0721. The molecule has 3 nitrogen and oxygen atoms in total. The Morgan fingerprint density at radius 3 is 2.88 bits per heavy atom. The Hall–Kier alpha value is -0.380. The summed E-state index contributed by atoms with van der Waals surface area (Å²) in [6.07, 6.45) is 8.98. The molecule has 0 radical (unpaired) electrons. The average molecular weight is 227 g/mol. The zero-order valence-electron chi connectivity index (χ0n) is 10.5. The third-order valence-electron chi connectivity index (χ3n) is 2.86. The molecular formula is C13H25NO2. The molecule has 0 unspecified atom stereocenters. The van der Waals surface area contributed by atoms with E-state index in [4.69, 9.17) is 9.47 Å². The maximum absolute atomic E-state index is 5.36. The molecule has 1 N–H and O–H groups in total. The fourth-order valence-corrected chi connectivity index (χ4v) is 1.89. The second kappa shape index (κ2) is 9.82. The zero-order valence-corrected chi connectivity index (χ0v) is 10.5. The molecule has 0 fully saturated rings. The standard InChI is InChI=1S/C13H25NO2/c1-15-11-12-16-10-9-14-8-7-13-5-3-2-4-6-13/h5,14H,2-4,6-12H2,1H3. The van der Waals surface area contributed by atoms with Gasteiger partial charge in [-0.2, -0.15) is 0 Å². The normalized spacial score (nSPS) is 16.2. The van der Waals surface area contributed by atoms with Gasteiger partial charge in [0.15, 0.2) is 0 Å². The van der Waals surface area contributed by atoms with Crippen LogP contribution in [0.3, 0.4) is 0 Å². The van der Waals surface area contributed by atoms with Crippen molar-refractivity contribution in [2.24, 2.45) is 0 Å². The van der Waals surface area contributed by atoms with Crippen LogP contribution in [0.2, 0.25) is 0 Å². The lowest BCUT2D eigenvalue weighted by Gasteiger charge is -2.12. The first kappa shape index (κ1) is 13.7. The largest absolute Gasteiger partial charge is 0.382 e. The van der Waals surface area contributed by atoms with Gasteiger partial charge >= 0.3 is 0 Å². The predicted molar refractivity (Wildman–Crippen MR) is 66.7 cm³/mol. The summed E-state index contributed by atoms with van der Waals surface area (Å²) in [5.41, 5.74) is 1.64. The predicted octanol–water partition coefficient (Wildman–Crippen LogP) is 2.13. The summed E-state index contributed by atoms with van der Waals surface area (Å²) < 4.78 is 10.3. The molecule has 0 spiro atoms. The van der Waals surface area contributed by atoms with Gasteiger partial charge in [-0.3, -0.25) is 0 Å². The first-order valence-corrected chi connectivity index (χ1v) is 6.39. The van der Waals surface area contributed by atoms with E-state index in [2.05, 4.69) is 11.4 Å². The van der Waals surface area contributed by atoms with E-state index in [1.54, 1.807) is 12.7 Å². The van der Waals surface area contributed by atoms with Gasteiger partial charge in [0, 0.05) is 13.7 Å². The molecule has 0 aromatic heterocycles. The van der Waals surface area contributed by atoms with E-state index in [9.17, 15) is 0 Å². The van der Waals surface area contributed by atoms with Crippen molar-refractivity contribution >= 4 is 0 Å². The molecule has 0 amide bonds. The Morgan fingerprint density at radius 1 is 1.19 bits per heavy atom. The van der Waals surface area contributed by atoms with E-state index in [0.717, 1.165) is 19.7 Å². The van der Waals surface area contributed by atoms with Crippen LogP contribution in [0.4, 0.5) is 0 Å². The minimum atomic E-state index is 0.687. The molecule has 0 atom stereocenters. The molecule has 0 bridgehead atoms. The van der Waals surface area contributed by atoms with Crippen molar-refractivity contribution in [2.75, 3.05) is 40.0 Å². The second-order valence-electron chi connectivity index (χ2n) is 4.21. The Morgan fingerprint density at radius 2 is 2.12 bits per heavy atom. The zero-order chi connectivity index (χ0) is 11.5. The van der Waals surface area contributed by atoms with Gasteiger partial charge in [-0.15, -0.1) is 0 Å². The molecule has 0 aromatic rings. The summed E-state index contributed by atoms with van der Waals surface area (Å²) in [4.78, 5) is 0. The molecule has 1 rings (SSSR count). The van der Waals surface area contributed by atoms with Gasteiger partial charge in [0.05, 0.1) is 19.8 Å². The molecule has 0 saturated carbocycles. The average Bonchev–Trinajstić information content (AvgIpc) is 2.34. The van der Waals surface area contributed by atoms with E-state index < -0.39 is 0 Å². The molecule has 0 heterocycles. The van der Waals surface area contributed by atoms with Crippen LogP contribution in [0, 0.1) is 0 Å². The van der Waals surface area contributed by atoms with Crippen molar-refractivity contribution in [3.05, 3.63) is 11.6 Å². The Balaban J connectivity index is 1.82. The molecule has 0 aromatic carbocycles. The van der Waals surface area contributed by atoms with E-state index >= 15 is 0 Å². The fourth-order valence-electron chi connectivity index (χ4n) is 1.89. The first-order valence-electron chi connectivity index (χ1n) is 6.39. The maximum Gasteiger partial charge on any atom is 0.0700 e. The fraction of sp³-hybridized carbons (Fsp3) is 0.846. The van der Waals surface area contributed by atoms with Crippen LogP contribution < -0.4 is 5.32 Å². The number of rotatable bonds is 9. The van der Waals surface area contributed by atoms with Crippen molar-refractivity contribution in [1.29, 1.82) is 0 Å². The van der Waals surface area contributed by atoms with Crippen LogP contribution in [0.5, 0.6) is 0 Å². The van der Waals surface area contributed by atoms with Crippen molar-refractivity contribution in [2.45, 2.75) is 32.1 Å². The van der Waals surface area contributed by atoms with E-state index in [-0.39, 0.29) is 0 Å². The minimum absolute atomic E-state index is 0.687. The quantitative estimate of drug-likeness (QED) is 0.483. The Labute approximate surface area is 99.2 Å². The van der Waals surface area contributed by atoms with E-state index in [1.807, 2.05) is 0 Å². The van der Waals surface area contributed by atoms with Gasteiger partial charge in [0.1, 0.15) is 0 Å². The number of hydrogen-bond acceptors (Lipinski definition) is 3. The molecular weight excluding hydrogens is 202 g/mol. The summed E-state index contributed by atoms with van der Waals surface area (Å²) in [7, 11) is 1.69. The topological polar surface area (TPSA) is 30.5 Å². The minimum Gasteiger partial charge on any atom is -0.382 e. The van der Waals surface area contributed by atoms with E-state index in [0.29, 0.717) is 13.2 Å². The number of ether oxygens (including phenoxy) is 2. The monoisotopic (exact) mass is 227 g/mol. The van der Waals surface area contributed by atoms with Gasteiger partial charge < -0.3 is 14.8 Å². The molecule has 3 heteroatoms. The molecule has 0 aliphatic heterocycles. The molecule has 1 aliphatic carbocycles. The highest BCUT2D eigenvalue weighted by Crippen LogP contribution is 2.19. The lowest BCUT2D eigenvalue weighted by atomic mass is 9.97. The van der Waals surface area contributed by atoms with Crippen LogP contribution in [-0.2, 0) is 9.47 Å². The van der Waals surface area contributed by atoms with Crippen LogP contribution in [0.25, 0.3) is 0 Å². The van der Waals surface area contributed by atoms with Crippen LogP contribution in [-0.4, -0.2) is 40.0 Å². The van der Waals surface area contributed by atoms with Gasteiger partial charge in [0.2, 0.25) is 0 Å². The number of allylic oxidation sites excluding steroid dienone is 1. The summed E-state index contributed by atoms with van der Waals surface area (Å²) in [6.45, 7) is 4.19. The lowest BCUT2D eigenvalue weighted by Crippen LogP contribution is -2.22. The SMILES string of the molecule is COCCOCCNCCC1=CCCCC1. The van der Waals surface area contributed by atoms with E-state index in [1.165, 1.54) is 32.1 Å². The summed E-state index contributed by atoms with van der Waals surface area (Å²) in [5, 5.41) is 3.40. The van der Waals surface area contributed by atoms with Gasteiger partial charge in [0.25, 0.3) is 0 Å². The highest BCUT2D eigenvalue weighted by Gasteiger charge is 2.02. The summed E-state index contributed by atoms with van der Waals surface area (Å²) in [6, 6.07) is 0. The molecule has 0 saturated heterocycles. The number of methoxy groups -OCH3 is 1. The third-order valence-corrected chi connectivity index (χ3v) is 2.86. The maximum atomic E-state index is 5.36. The second-order valence-corrected chi connectivity index (χ2v) is 4.21. The van der Waals surface area contributed by atoms with Crippen molar-refractivity contribution in [3.63, 3.8) is 0 Å². The number of hydrogen-bond donors (Lipinski definition) is 1. The van der Waals surface area contributed by atoms with Gasteiger partial charge in [-0.25, -0.2) is 0 Å². The summed E-state index contributed by atoms with van der Waals surface area (Å²) in [5.74, 6) is 0.